The molecule has 7 nitrogen and oxygen atoms in total. The summed E-state index contributed by atoms with van der Waals surface area (Å²) >= 11 is 6.43. The van der Waals surface area contributed by atoms with Crippen molar-refractivity contribution in [3.8, 4) is 0 Å². The van der Waals surface area contributed by atoms with E-state index in [4.69, 9.17) is 16.3 Å². The molecule has 0 bridgehead atoms. The monoisotopic (exact) mass is 557 g/mol. The van der Waals surface area contributed by atoms with E-state index in [9.17, 15) is 14.4 Å². The van der Waals surface area contributed by atoms with Gasteiger partial charge in [-0.05, 0) is 70.2 Å². The Morgan fingerprint density at radius 3 is 2.23 bits per heavy atom. The van der Waals surface area contributed by atoms with Gasteiger partial charge in [-0.2, -0.15) is 0 Å². The molecule has 3 amide bonds. The summed E-state index contributed by atoms with van der Waals surface area (Å²) in [5, 5.41) is 6.04. The van der Waals surface area contributed by atoms with Crippen LogP contribution in [-0.2, 0) is 20.7 Å². The van der Waals surface area contributed by atoms with E-state index in [1.165, 1.54) is 0 Å². The number of halogens is 1. The number of benzene rings is 2. The number of carbonyl (C=O) groups excluding carboxylic acids is 3. The van der Waals surface area contributed by atoms with Gasteiger partial charge in [-0.15, -0.1) is 0 Å². The number of carbonyl (C=O) groups is 3. The van der Waals surface area contributed by atoms with Gasteiger partial charge in [-0.25, -0.2) is 4.79 Å². The summed E-state index contributed by atoms with van der Waals surface area (Å²) in [5.41, 5.74) is 2.43. The maximum Gasteiger partial charge on any atom is 0.408 e. The number of alkyl carbamates (subject to hydrolysis) is 1. The number of anilines is 1. The van der Waals surface area contributed by atoms with Crippen LogP contribution in [0.5, 0.6) is 0 Å². The van der Waals surface area contributed by atoms with Crippen LogP contribution in [0.25, 0.3) is 0 Å². The average molecular weight is 558 g/mol. The molecule has 2 N–H and O–H groups in total. The van der Waals surface area contributed by atoms with Gasteiger partial charge in [0.15, 0.2) is 0 Å². The Hall–Kier alpha value is -3.06. The quantitative estimate of drug-likeness (QED) is 0.270. The minimum Gasteiger partial charge on any atom is -0.444 e. The van der Waals surface area contributed by atoms with E-state index in [0.29, 0.717) is 22.8 Å². The Balaban J connectivity index is 2.48. The number of rotatable bonds is 12. The third kappa shape index (κ3) is 9.88. The molecule has 39 heavy (non-hydrogen) atoms. The van der Waals surface area contributed by atoms with E-state index < -0.39 is 23.8 Å². The highest BCUT2D eigenvalue weighted by atomic mass is 35.5. The Bertz CT molecular complexity index is 1090. The zero-order valence-electron chi connectivity index (χ0n) is 24.4. The van der Waals surface area contributed by atoms with Gasteiger partial charge in [0.1, 0.15) is 17.7 Å². The van der Waals surface area contributed by atoms with Gasteiger partial charge in [-0.1, -0.05) is 81.1 Å². The normalized spacial score (nSPS) is 12.8. The van der Waals surface area contributed by atoms with Gasteiger partial charge >= 0.3 is 6.09 Å². The van der Waals surface area contributed by atoms with Crippen LogP contribution in [0.3, 0.4) is 0 Å². The van der Waals surface area contributed by atoms with Crippen molar-refractivity contribution in [2.45, 2.75) is 98.3 Å². The third-order valence-corrected chi connectivity index (χ3v) is 6.69. The van der Waals surface area contributed by atoms with E-state index in [-0.39, 0.29) is 11.8 Å². The van der Waals surface area contributed by atoms with Crippen molar-refractivity contribution in [1.82, 2.24) is 10.2 Å². The molecule has 2 aromatic rings. The number of aryl methyl sites for hydroxylation is 2. The number of nitrogens with zero attached hydrogens (tertiary/aromatic N) is 1. The lowest BCUT2D eigenvalue weighted by Gasteiger charge is -2.34. The molecule has 2 atom stereocenters. The lowest BCUT2D eigenvalue weighted by atomic mass is 9.99. The van der Waals surface area contributed by atoms with Crippen molar-refractivity contribution in [3.05, 3.63) is 64.2 Å². The van der Waals surface area contributed by atoms with Crippen LogP contribution in [0.4, 0.5) is 10.5 Å². The van der Waals surface area contributed by atoms with E-state index >= 15 is 0 Å². The Kier molecular flexibility index (Phi) is 12.3. The van der Waals surface area contributed by atoms with Gasteiger partial charge in [0.2, 0.25) is 5.91 Å². The van der Waals surface area contributed by atoms with Gasteiger partial charge < -0.3 is 20.3 Å². The molecular formula is C31H44ClN3O4. The summed E-state index contributed by atoms with van der Waals surface area (Å²) in [6, 6.07) is 11.3. The first-order chi connectivity index (χ1) is 18.4. The van der Waals surface area contributed by atoms with Gasteiger partial charge in [0.25, 0.3) is 5.91 Å². The summed E-state index contributed by atoms with van der Waals surface area (Å²) in [7, 11) is 0. The SMILES string of the molecule is CCCCCCN(C(=O)C(C)NC(=O)OC(C)(C)C)C(C(=O)Nc1c(C)cccc1Cl)c1ccc(CC)cc1. The Labute approximate surface area is 238 Å². The molecule has 0 aromatic heterocycles. The number of nitrogens with one attached hydrogen (secondary N) is 2. The lowest BCUT2D eigenvalue weighted by molar-refractivity contribution is -0.140. The zero-order chi connectivity index (χ0) is 29.2. The molecule has 0 aliphatic rings. The van der Waals surface area contributed by atoms with Crippen LogP contribution in [0.15, 0.2) is 42.5 Å². The Morgan fingerprint density at radius 2 is 1.67 bits per heavy atom. The first-order valence-electron chi connectivity index (χ1n) is 13.8. The molecule has 2 aromatic carbocycles. The topological polar surface area (TPSA) is 87.7 Å². The minimum atomic E-state index is -0.927. The summed E-state index contributed by atoms with van der Waals surface area (Å²) in [6.45, 7) is 13.3. The van der Waals surface area contributed by atoms with Crippen molar-refractivity contribution >= 4 is 35.2 Å². The summed E-state index contributed by atoms with van der Waals surface area (Å²) in [6.07, 6.45) is 3.87. The van der Waals surface area contributed by atoms with Crippen LogP contribution in [-0.4, -0.2) is 41.0 Å². The molecule has 0 heterocycles. The molecule has 0 spiro atoms. The second-order valence-corrected chi connectivity index (χ2v) is 11.3. The molecule has 2 unspecified atom stereocenters. The van der Waals surface area contributed by atoms with Crippen LogP contribution in [0.1, 0.15) is 90.0 Å². The molecule has 2 rings (SSSR count). The van der Waals surface area contributed by atoms with Crippen LogP contribution in [0, 0.1) is 6.92 Å². The van der Waals surface area contributed by atoms with Crippen LogP contribution >= 0.6 is 11.6 Å². The van der Waals surface area contributed by atoms with E-state index in [1.54, 1.807) is 38.7 Å². The zero-order valence-corrected chi connectivity index (χ0v) is 25.2. The average Bonchev–Trinajstić information content (AvgIpc) is 2.86. The number of unbranched alkanes of at least 4 members (excludes halogenated alkanes) is 3. The fourth-order valence-corrected chi connectivity index (χ4v) is 4.53. The number of hydrogen-bond acceptors (Lipinski definition) is 4. The molecule has 8 heteroatoms. The Morgan fingerprint density at radius 1 is 1.00 bits per heavy atom. The molecule has 0 fully saturated rings. The number of para-hydroxylation sites is 1. The number of hydrogen-bond donors (Lipinski definition) is 2. The van der Waals surface area contributed by atoms with Gasteiger partial charge in [-0.3, -0.25) is 9.59 Å². The highest BCUT2D eigenvalue weighted by molar-refractivity contribution is 6.34. The van der Waals surface area contributed by atoms with Gasteiger partial charge in [0, 0.05) is 6.54 Å². The van der Waals surface area contributed by atoms with Crippen molar-refractivity contribution in [1.29, 1.82) is 0 Å². The first kappa shape index (κ1) is 32.2. The number of ether oxygens (including phenoxy) is 1. The molecule has 0 aliphatic carbocycles. The van der Waals surface area contributed by atoms with Crippen molar-refractivity contribution in [2.24, 2.45) is 0 Å². The smallest absolute Gasteiger partial charge is 0.408 e. The summed E-state index contributed by atoms with van der Waals surface area (Å²) in [4.78, 5) is 41.9. The van der Waals surface area contributed by atoms with Crippen LogP contribution < -0.4 is 10.6 Å². The largest absolute Gasteiger partial charge is 0.444 e. The third-order valence-electron chi connectivity index (χ3n) is 6.37. The molecule has 0 aliphatic heterocycles. The molecule has 214 valence electrons. The lowest BCUT2D eigenvalue weighted by Crippen LogP contribution is -2.51. The first-order valence-corrected chi connectivity index (χ1v) is 14.2. The minimum absolute atomic E-state index is 0.355. The van der Waals surface area contributed by atoms with E-state index in [1.807, 2.05) is 43.3 Å². The maximum atomic E-state index is 14.0. The predicted molar refractivity (Wildman–Crippen MR) is 158 cm³/mol. The van der Waals surface area contributed by atoms with E-state index in [0.717, 1.165) is 43.2 Å². The maximum absolute atomic E-state index is 14.0. The molecular weight excluding hydrogens is 514 g/mol. The fourth-order valence-electron chi connectivity index (χ4n) is 4.26. The highest BCUT2D eigenvalue weighted by Crippen LogP contribution is 2.30. The van der Waals surface area contributed by atoms with Crippen LogP contribution in [0.2, 0.25) is 5.02 Å². The fraction of sp³-hybridized carbons (Fsp3) is 0.516. The standard InChI is InChI=1S/C31H44ClN3O4/c1-8-10-11-12-20-35(29(37)22(4)33-30(38)39-31(5,6)7)27(24-18-16-23(9-2)17-19-24)28(36)34-26-21(3)14-13-15-25(26)32/h13-19,22,27H,8-12,20H2,1-7H3,(H,33,38)(H,34,36). The second-order valence-electron chi connectivity index (χ2n) is 10.9. The molecule has 0 radical (unpaired) electrons. The molecule has 0 saturated carbocycles. The van der Waals surface area contributed by atoms with Gasteiger partial charge in [0.05, 0.1) is 10.7 Å². The van der Waals surface area contributed by atoms with Crippen molar-refractivity contribution < 1.29 is 19.1 Å². The number of amides is 3. The predicted octanol–water partition coefficient (Wildman–Crippen LogP) is 7.21. The van der Waals surface area contributed by atoms with Crippen molar-refractivity contribution in [3.63, 3.8) is 0 Å². The highest BCUT2D eigenvalue weighted by Gasteiger charge is 2.35. The molecule has 0 saturated heterocycles. The summed E-state index contributed by atoms with van der Waals surface area (Å²) < 4.78 is 5.36. The summed E-state index contributed by atoms with van der Waals surface area (Å²) in [5.74, 6) is -0.739. The van der Waals surface area contributed by atoms with Crippen molar-refractivity contribution in [2.75, 3.05) is 11.9 Å². The van der Waals surface area contributed by atoms with E-state index in [2.05, 4.69) is 24.5 Å². The second kappa shape index (κ2) is 14.9.